The zero-order valence-corrected chi connectivity index (χ0v) is 9.36. The van der Waals surface area contributed by atoms with Gasteiger partial charge in [-0.2, -0.15) is 0 Å². The summed E-state index contributed by atoms with van der Waals surface area (Å²) in [6, 6.07) is 4.23. The predicted molar refractivity (Wildman–Crippen MR) is 60.5 cm³/mol. The quantitative estimate of drug-likeness (QED) is 0.826. The molecule has 2 heterocycles. The van der Waals surface area contributed by atoms with Crippen LogP contribution in [0.2, 0.25) is 0 Å². The van der Waals surface area contributed by atoms with Gasteiger partial charge in [-0.25, -0.2) is 0 Å². The Morgan fingerprint density at radius 2 is 2.27 bits per heavy atom. The van der Waals surface area contributed by atoms with E-state index in [2.05, 4.69) is 11.8 Å². The summed E-state index contributed by atoms with van der Waals surface area (Å²) >= 11 is 0. The number of hydrogen-bond donors (Lipinski definition) is 1. The molecule has 1 aromatic rings. The van der Waals surface area contributed by atoms with E-state index in [9.17, 15) is 0 Å². The van der Waals surface area contributed by atoms with Gasteiger partial charge >= 0.3 is 0 Å². The van der Waals surface area contributed by atoms with Crippen LogP contribution in [0.4, 0.5) is 0 Å². The Labute approximate surface area is 91.2 Å². The maximum Gasteiger partial charge on any atom is 0.122 e. The number of rotatable bonds is 3. The third-order valence-corrected chi connectivity index (χ3v) is 3.35. The fourth-order valence-corrected chi connectivity index (χ4v) is 2.27. The van der Waals surface area contributed by atoms with Crippen LogP contribution in [0.5, 0.6) is 0 Å². The van der Waals surface area contributed by atoms with Crippen molar-refractivity contribution in [3.63, 3.8) is 0 Å². The molecular formula is C12H20N2O. The molecule has 1 atom stereocenters. The highest BCUT2D eigenvalue weighted by Crippen LogP contribution is 2.26. The van der Waals surface area contributed by atoms with Gasteiger partial charge in [0.05, 0.1) is 12.3 Å². The minimum absolute atomic E-state index is 0.271. The lowest BCUT2D eigenvalue weighted by Crippen LogP contribution is -2.39. The molecule has 1 aromatic heterocycles. The van der Waals surface area contributed by atoms with E-state index in [4.69, 9.17) is 10.2 Å². The summed E-state index contributed by atoms with van der Waals surface area (Å²) in [7, 11) is 0. The summed E-state index contributed by atoms with van der Waals surface area (Å²) < 4.78 is 5.44. The molecule has 2 rings (SSSR count). The van der Waals surface area contributed by atoms with E-state index in [1.807, 2.05) is 12.1 Å². The molecule has 0 radical (unpaired) electrons. The van der Waals surface area contributed by atoms with Crippen molar-refractivity contribution in [2.75, 3.05) is 19.6 Å². The maximum absolute atomic E-state index is 5.83. The lowest BCUT2D eigenvalue weighted by molar-refractivity contribution is 0.127. The number of hydrogen-bond acceptors (Lipinski definition) is 3. The van der Waals surface area contributed by atoms with Crippen molar-refractivity contribution in [1.82, 2.24) is 4.90 Å². The molecule has 0 spiro atoms. The van der Waals surface area contributed by atoms with Crippen LogP contribution in [0.3, 0.4) is 0 Å². The van der Waals surface area contributed by atoms with Gasteiger partial charge in [0.15, 0.2) is 0 Å². The predicted octanol–water partition coefficient (Wildman–Crippen LogP) is 2.01. The Bertz CT molecular complexity index is 276. The lowest BCUT2D eigenvalue weighted by Gasteiger charge is -2.35. The Morgan fingerprint density at radius 3 is 2.80 bits per heavy atom. The van der Waals surface area contributed by atoms with Gasteiger partial charge in [-0.15, -0.1) is 0 Å². The zero-order chi connectivity index (χ0) is 10.7. The molecule has 1 aliphatic heterocycles. The monoisotopic (exact) mass is 208 g/mol. The normalized spacial score (nSPS) is 21.7. The largest absolute Gasteiger partial charge is 0.468 e. The molecule has 0 unspecified atom stereocenters. The van der Waals surface area contributed by atoms with Gasteiger partial charge in [0, 0.05) is 6.54 Å². The molecular weight excluding hydrogens is 188 g/mol. The van der Waals surface area contributed by atoms with E-state index >= 15 is 0 Å². The van der Waals surface area contributed by atoms with E-state index in [1.165, 1.54) is 12.8 Å². The third-order valence-electron chi connectivity index (χ3n) is 3.35. The van der Waals surface area contributed by atoms with Crippen molar-refractivity contribution in [2.24, 2.45) is 11.7 Å². The number of nitrogens with zero attached hydrogens (tertiary/aromatic N) is 1. The highest BCUT2D eigenvalue weighted by molar-refractivity contribution is 5.05. The lowest BCUT2D eigenvalue weighted by atomic mass is 9.97. The van der Waals surface area contributed by atoms with Crippen LogP contribution < -0.4 is 5.73 Å². The van der Waals surface area contributed by atoms with Crippen LogP contribution in [0.15, 0.2) is 22.8 Å². The first kappa shape index (κ1) is 10.7. The van der Waals surface area contributed by atoms with Crippen molar-refractivity contribution in [1.29, 1.82) is 0 Å². The highest BCUT2D eigenvalue weighted by Gasteiger charge is 2.24. The average Bonchev–Trinajstić information content (AvgIpc) is 2.75. The maximum atomic E-state index is 5.83. The fourth-order valence-electron chi connectivity index (χ4n) is 2.27. The Morgan fingerprint density at radius 1 is 1.53 bits per heavy atom. The Kier molecular flexibility index (Phi) is 3.44. The third kappa shape index (κ3) is 2.41. The van der Waals surface area contributed by atoms with Crippen LogP contribution in [0.1, 0.15) is 31.6 Å². The van der Waals surface area contributed by atoms with Gasteiger partial charge in [0.2, 0.25) is 0 Å². The standard InChI is InChI=1S/C12H20N2O/c1-10-4-6-14(7-5-10)11(9-13)12-3-2-8-15-12/h2-3,8,10-11H,4-7,9,13H2,1H3/t11-/m1/s1. The molecule has 2 N–H and O–H groups in total. The van der Waals surface area contributed by atoms with Crippen molar-refractivity contribution < 1.29 is 4.42 Å². The molecule has 0 bridgehead atoms. The average molecular weight is 208 g/mol. The van der Waals surface area contributed by atoms with Crippen LogP contribution in [0, 0.1) is 5.92 Å². The summed E-state index contributed by atoms with van der Waals surface area (Å²) in [5.41, 5.74) is 5.83. The fraction of sp³-hybridized carbons (Fsp3) is 0.667. The summed E-state index contributed by atoms with van der Waals surface area (Å²) in [5, 5.41) is 0. The summed E-state index contributed by atoms with van der Waals surface area (Å²) in [6.45, 7) is 5.25. The molecule has 1 fully saturated rings. The van der Waals surface area contributed by atoms with Crippen LogP contribution >= 0.6 is 0 Å². The van der Waals surface area contributed by atoms with Crippen molar-refractivity contribution in [3.8, 4) is 0 Å². The van der Waals surface area contributed by atoms with Gasteiger partial charge in [-0.1, -0.05) is 6.92 Å². The number of likely N-dealkylation sites (tertiary alicyclic amines) is 1. The van der Waals surface area contributed by atoms with E-state index < -0.39 is 0 Å². The van der Waals surface area contributed by atoms with Crippen molar-refractivity contribution >= 4 is 0 Å². The molecule has 0 aromatic carbocycles. The minimum atomic E-state index is 0.271. The van der Waals surface area contributed by atoms with Gasteiger partial charge in [-0.05, 0) is 44.0 Å². The van der Waals surface area contributed by atoms with Gasteiger partial charge in [-0.3, -0.25) is 4.90 Å². The second kappa shape index (κ2) is 4.81. The molecule has 1 saturated heterocycles. The van der Waals surface area contributed by atoms with Crippen molar-refractivity contribution in [3.05, 3.63) is 24.2 Å². The van der Waals surface area contributed by atoms with Gasteiger partial charge < -0.3 is 10.2 Å². The second-order valence-corrected chi connectivity index (χ2v) is 4.49. The van der Waals surface area contributed by atoms with Crippen LogP contribution in [0.25, 0.3) is 0 Å². The van der Waals surface area contributed by atoms with E-state index in [-0.39, 0.29) is 6.04 Å². The summed E-state index contributed by atoms with van der Waals surface area (Å²) in [5.74, 6) is 1.86. The first-order valence-corrected chi connectivity index (χ1v) is 5.78. The molecule has 0 saturated carbocycles. The smallest absolute Gasteiger partial charge is 0.122 e. The first-order valence-electron chi connectivity index (χ1n) is 5.78. The number of piperidine rings is 1. The Hall–Kier alpha value is -0.800. The first-order chi connectivity index (χ1) is 7.31. The van der Waals surface area contributed by atoms with E-state index in [1.54, 1.807) is 6.26 Å². The molecule has 0 aliphatic carbocycles. The SMILES string of the molecule is CC1CCN([C@H](CN)c2ccco2)CC1. The summed E-state index contributed by atoms with van der Waals surface area (Å²) in [4.78, 5) is 2.44. The van der Waals surface area contributed by atoms with Crippen LogP contribution in [-0.4, -0.2) is 24.5 Å². The van der Waals surface area contributed by atoms with Gasteiger partial charge in [0.1, 0.15) is 5.76 Å². The molecule has 0 amide bonds. The molecule has 3 heteroatoms. The molecule has 15 heavy (non-hydrogen) atoms. The number of furan rings is 1. The van der Waals surface area contributed by atoms with Crippen LogP contribution in [-0.2, 0) is 0 Å². The van der Waals surface area contributed by atoms with Crippen molar-refractivity contribution in [2.45, 2.75) is 25.8 Å². The topological polar surface area (TPSA) is 42.4 Å². The number of nitrogens with two attached hydrogens (primary N) is 1. The molecule has 3 nitrogen and oxygen atoms in total. The Balaban J connectivity index is 2.01. The molecule has 1 aliphatic rings. The van der Waals surface area contributed by atoms with E-state index in [0.717, 1.165) is 24.8 Å². The second-order valence-electron chi connectivity index (χ2n) is 4.49. The van der Waals surface area contributed by atoms with E-state index in [0.29, 0.717) is 6.54 Å². The summed E-state index contributed by atoms with van der Waals surface area (Å²) in [6.07, 6.45) is 4.28. The minimum Gasteiger partial charge on any atom is -0.468 e. The zero-order valence-electron chi connectivity index (χ0n) is 9.36. The molecule has 84 valence electrons. The van der Waals surface area contributed by atoms with Gasteiger partial charge in [0.25, 0.3) is 0 Å². The highest BCUT2D eigenvalue weighted by atomic mass is 16.3.